The zero-order valence-electron chi connectivity index (χ0n) is 11.0. The minimum Gasteiger partial charge on any atom is -0.355 e. The van der Waals surface area contributed by atoms with E-state index in [4.69, 9.17) is 11.6 Å². The molecule has 3 heteroatoms. The van der Waals surface area contributed by atoms with E-state index in [0.29, 0.717) is 11.4 Å². The van der Waals surface area contributed by atoms with Crippen molar-refractivity contribution < 1.29 is 4.79 Å². The first-order valence-electron chi connectivity index (χ1n) is 6.26. The summed E-state index contributed by atoms with van der Waals surface area (Å²) >= 11 is 5.95. The molecular weight excluding hydrogens is 258 g/mol. The first-order valence-corrected chi connectivity index (χ1v) is 6.64. The lowest BCUT2D eigenvalue weighted by Crippen LogP contribution is -1.99. The Labute approximate surface area is 118 Å². The number of rotatable bonds is 4. The first-order chi connectivity index (χ1) is 9.10. The van der Waals surface area contributed by atoms with Gasteiger partial charge in [0.2, 0.25) is 0 Å². The van der Waals surface area contributed by atoms with Gasteiger partial charge in [-0.05, 0) is 48.9 Å². The van der Waals surface area contributed by atoms with Crippen molar-refractivity contribution >= 4 is 28.8 Å². The lowest BCUT2D eigenvalue weighted by molar-refractivity contribution is 0.0988. The summed E-state index contributed by atoms with van der Waals surface area (Å²) in [5.74, 6) is 0.164. The van der Waals surface area contributed by atoms with Crippen LogP contribution in [0.2, 0.25) is 5.02 Å². The summed E-state index contributed by atoms with van der Waals surface area (Å²) in [4.78, 5) is 11.6. The number of ketones is 1. The fraction of sp³-hybridized carbons (Fsp3) is 0.188. The summed E-state index contributed by atoms with van der Waals surface area (Å²) in [7, 11) is 0. The molecule has 0 saturated carbocycles. The van der Waals surface area contributed by atoms with Gasteiger partial charge in [0.25, 0.3) is 0 Å². The van der Waals surface area contributed by atoms with Crippen LogP contribution in [0, 0.1) is 6.92 Å². The van der Waals surface area contributed by atoms with Crippen molar-refractivity contribution in [2.75, 3.05) is 5.32 Å². The van der Waals surface area contributed by atoms with Crippen molar-refractivity contribution in [3.05, 3.63) is 58.6 Å². The summed E-state index contributed by atoms with van der Waals surface area (Å²) in [6.45, 7) is 3.86. The largest absolute Gasteiger partial charge is 0.355 e. The maximum absolute atomic E-state index is 11.6. The Morgan fingerprint density at radius 2 is 2.00 bits per heavy atom. The van der Waals surface area contributed by atoms with Gasteiger partial charge in [0.15, 0.2) is 5.78 Å². The average molecular weight is 274 g/mol. The summed E-state index contributed by atoms with van der Waals surface area (Å²) < 4.78 is 0. The van der Waals surface area contributed by atoms with Gasteiger partial charge in [-0.25, -0.2) is 0 Å². The first kappa shape index (κ1) is 13.6. The molecule has 0 aliphatic rings. The van der Waals surface area contributed by atoms with Crippen LogP contribution in [0.3, 0.4) is 0 Å². The van der Waals surface area contributed by atoms with E-state index < -0.39 is 0 Å². The molecule has 0 atom stereocenters. The fourth-order valence-corrected chi connectivity index (χ4v) is 2.09. The van der Waals surface area contributed by atoms with E-state index in [1.807, 2.05) is 56.3 Å². The minimum absolute atomic E-state index is 0.164. The lowest BCUT2D eigenvalue weighted by atomic mass is 10.0. The van der Waals surface area contributed by atoms with Crippen LogP contribution in [0.1, 0.15) is 29.3 Å². The van der Waals surface area contributed by atoms with Gasteiger partial charge in [0, 0.05) is 28.4 Å². The number of nitrogens with one attached hydrogen (secondary N) is 1. The highest BCUT2D eigenvalue weighted by atomic mass is 35.5. The molecule has 0 aliphatic carbocycles. The molecule has 0 fully saturated rings. The van der Waals surface area contributed by atoms with E-state index in [2.05, 4.69) is 5.32 Å². The van der Waals surface area contributed by atoms with Gasteiger partial charge in [0.05, 0.1) is 0 Å². The number of carbonyl (C=O) groups excluding carboxylic acids is 1. The standard InChI is InChI=1S/C16H16ClNO/c1-3-16(19)12-7-8-15(11(2)9-12)18-14-6-4-5-13(17)10-14/h4-10,18H,3H2,1-2H3. The highest BCUT2D eigenvalue weighted by molar-refractivity contribution is 6.30. The van der Waals surface area contributed by atoms with Crippen LogP contribution in [0.4, 0.5) is 11.4 Å². The van der Waals surface area contributed by atoms with E-state index in [9.17, 15) is 4.79 Å². The van der Waals surface area contributed by atoms with Gasteiger partial charge in [-0.1, -0.05) is 24.6 Å². The van der Waals surface area contributed by atoms with Crippen LogP contribution >= 0.6 is 11.6 Å². The highest BCUT2D eigenvalue weighted by Crippen LogP contribution is 2.24. The zero-order valence-corrected chi connectivity index (χ0v) is 11.8. The van der Waals surface area contributed by atoms with Crippen LogP contribution in [-0.2, 0) is 0 Å². The summed E-state index contributed by atoms with van der Waals surface area (Å²) in [5.41, 5.74) is 3.72. The van der Waals surface area contributed by atoms with E-state index in [1.54, 1.807) is 0 Å². The third-order valence-electron chi connectivity index (χ3n) is 2.97. The molecule has 0 unspecified atom stereocenters. The molecule has 0 aromatic heterocycles. The van der Waals surface area contributed by atoms with Crippen LogP contribution in [0.15, 0.2) is 42.5 Å². The van der Waals surface area contributed by atoms with Crippen LogP contribution < -0.4 is 5.32 Å². The summed E-state index contributed by atoms with van der Waals surface area (Å²) in [6.07, 6.45) is 0.528. The molecule has 0 saturated heterocycles. The van der Waals surface area contributed by atoms with Crippen molar-refractivity contribution in [3.8, 4) is 0 Å². The summed E-state index contributed by atoms with van der Waals surface area (Å²) in [5, 5.41) is 4.00. The number of halogens is 1. The Bertz CT molecular complexity index is 607. The minimum atomic E-state index is 0.164. The molecule has 0 radical (unpaired) electrons. The van der Waals surface area contributed by atoms with E-state index in [-0.39, 0.29) is 5.78 Å². The molecule has 0 amide bonds. The Kier molecular flexibility index (Phi) is 4.23. The van der Waals surface area contributed by atoms with Gasteiger partial charge in [-0.2, -0.15) is 0 Å². The maximum atomic E-state index is 11.6. The van der Waals surface area contributed by atoms with E-state index in [1.165, 1.54) is 0 Å². The average Bonchev–Trinajstić information content (AvgIpc) is 2.40. The Morgan fingerprint density at radius 1 is 1.21 bits per heavy atom. The molecular formula is C16H16ClNO. The smallest absolute Gasteiger partial charge is 0.162 e. The molecule has 2 aromatic rings. The molecule has 0 heterocycles. The molecule has 98 valence electrons. The Morgan fingerprint density at radius 3 is 2.63 bits per heavy atom. The van der Waals surface area contributed by atoms with Gasteiger partial charge >= 0.3 is 0 Å². The topological polar surface area (TPSA) is 29.1 Å². The molecule has 2 aromatic carbocycles. The van der Waals surface area contributed by atoms with Crippen LogP contribution in [-0.4, -0.2) is 5.78 Å². The fourth-order valence-electron chi connectivity index (χ4n) is 1.90. The second-order valence-electron chi connectivity index (χ2n) is 4.44. The molecule has 1 N–H and O–H groups in total. The third kappa shape index (κ3) is 3.36. The lowest BCUT2D eigenvalue weighted by Gasteiger charge is -2.11. The number of carbonyl (C=O) groups is 1. The monoisotopic (exact) mass is 273 g/mol. The third-order valence-corrected chi connectivity index (χ3v) is 3.21. The molecule has 2 nitrogen and oxygen atoms in total. The Balaban J connectivity index is 2.24. The Hall–Kier alpha value is -1.80. The normalized spacial score (nSPS) is 10.3. The van der Waals surface area contributed by atoms with Crippen LogP contribution in [0.25, 0.3) is 0 Å². The van der Waals surface area contributed by atoms with Crippen molar-refractivity contribution in [3.63, 3.8) is 0 Å². The van der Waals surface area contributed by atoms with Crippen molar-refractivity contribution in [1.82, 2.24) is 0 Å². The second-order valence-corrected chi connectivity index (χ2v) is 4.88. The number of hydrogen-bond donors (Lipinski definition) is 1. The maximum Gasteiger partial charge on any atom is 0.162 e. The van der Waals surface area contributed by atoms with Crippen molar-refractivity contribution in [1.29, 1.82) is 0 Å². The van der Waals surface area contributed by atoms with Gasteiger partial charge in [0.1, 0.15) is 0 Å². The van der Waals surface area contributed by atoms with Gasteiger partial charge in [-0.15, -0.1) is 0 Å². The van der Waals surface area contributed by atoms with Crippen LogP contribution in [0.5, 0.6) is 0 Å². The number of aryl methyl sites for hydroxylation is 1. The van der Waals surface area contributed by atoms with Gasteiger partial charge < -0.3 is 5.32 Å². The van der Waals surface area contributed by atoms with Crippen molar-refractivity contribution in [2.24, 2.45) is 0 Å². The number of hydrogen-bond acceptors (Lipinski definition) is 2. The van der Waals surface area contributed by atoms with E-state index in [0.717, 1.165) is 22.5 Å². The molecule has 2 rings (SSSR count). The predicted octanol–water partition coefficient (Wildman–Crippen LogP) is 4.98. The number of anilines is 2. The van der Waals surface area contributed by atoms with Gasteiger partial charge in [-0.3, -0.25) is 4.79 Å². The quantitative estimate of drug-likeness (QED) is 0.796. The number of benzene rings is 2. The second kappa shape index (κ2) is 5.89. The number of Topliss-reactive ketones (excluding diaryl/α,β-unsaturated/α-hetero) is 1. The molecule has 0 bridgehead atoms. The molecule has 0 aliphatic heterocycles. The molecule has 0 spiro atoms. The van der Waals surface area contributed by atoms with E-state index >= 15 is 0 Å². The highest BCUT2D eigenvalue weighted by Gasteiger charge is 2.06. The summed E-state index contributed by atoms with van der Waals surface area (Å²) in [6, 6.07) is 13.3. The molecule has 19 heavy (non-hydrogen) atoms. The SMILES string of the molecule is CCC(=O)c1ccc(Nc2cccc(Cl)c2)c(C)c1. The van der Waals surface area contributed by atoms with Crippen molar-refractivity contribution in [2.45, 2.75) is 20.3 Å². The predicted molar refractivity (Wildman–Crippen MR) is 80.5 cm³/mol. The zero-order chi connectivity index (χ0) is 13.8.